The summed E-state index contributed by atoms with van der Waals surface area (Å²) >= 11 is 1.21. The van der Waals surface area contributed by atoms with Crippen molar-refractivity contribution in [1.29, 1.82) is 0 Å². The number of hydrogen-bond donors (Lipinski definition) is 1. The minimum absolute atomic E-state index is 0.0260. The zero-order valence-corrected chi connectivity index (χ0v) is 24.5. The van der Waals surface area contributed by atoms with Crippen molar-refractivity contribution in [3.8, 4) is 10.8 Å². The summed E-state index contributed by atoms with van der Waals surface area (Å²) in [5.74, 6) is 0.194. The van der Waals surface area contributed by atoms with Crippen molar-refractivity contribution in [3.63, 3.8) is 0 Å². The van der Waals surface area contributed by atoms with Crippen molar-refractivity contribution in [2.24, 2.45) is 5.92 Å². The van der Waals surface area contributed by atoms with Gasteiger partial charge in [0, 0.05) is 17.7 Å². The second-order valence-electron chi connectivity index (χ2n) is 11.1. The maximum absolute atomic E-state index is 14.6. The fourth-order valence-corrected chi connectivity index (χ4v) is 7.28. The topological polar surface area (TPSA) is 122 Å². The summed E-state index contributed by atoms with van der Waals surface area (Å²) in [5, 5.41) is 12.1. The summed E-state index contributed by atoms with van der Waals surface area (Å²) in [5.41, 5.74) is -0.103. The van der Waals surface area contributed by atoms with Gasteiger partial charge in [-0.15, -0.1) is 4.80 Å². The van der Waals surface area contributed by atoms with Gasteiger partial charge in [-0.25, -0.2) is 13.8 Å². The lowest BCUT2D eigenvalue weighted by Gasteiger charge is -2.31. The summed E-state index contributed by atoms with van der Waals surface area (Å²) in [4.78, 5) is 42.7. The summed E-state index contributed by atoms with van der Waals surface area (Å²) in [6, 6.07) is 3.30. The third-order valence-electron chi connectivity index (χ3n) is 8.36. The molecule has 1 amide bonds. The maximum Gasteiger partial charge on any atom is 0.332 e. The normalized spacial score (nSPS) is 21.5. The quantitative estimate of drug-likeness (QED) is 0.329. The van der Waals surface area contributed by atoms with E-state index in [0.29, 0.717) is 51.0 Å². The van der Waals surface area contributed by atoms with Crippen molar-refractivity contribution < 1.29 is 18.7 Å². The van der Waals surface area contributed by atoms with Crippen LogP contribution in [-0.2, 0) is 16.1 Å². The first kappa shape index (κ1) is 28.3. The molecule has 1 saturated heterocycles. The minimum Gasteiger partial charge on any atom is -0.496 e. The van der Waals surface area contributed by atoms with Gasteiger partial charge >= 0.3 is 5.69 Å². The van der Waals surface area contributed by atoms with Crippen molar-refractivity contribution in [1.82, 2.24) is 29.4 Å². The van der Waals surface area contributed by atoms with Crippen LogP contribution in [0.5, 0.6) is 5.75 Å². The Kier molecular flexibility index (Phi) is 7.71. The monoisotopic (exact) mass is 596 g/mol. The highest BCUT2D eigenvalue weighted by atomic mass is 32.1. The summed E-state index contributed by atoms with van der Waals surface area (Å²) in [6.45, 7) is 4.33. The standard InChI is InChI=1S/C29H33FN6O5S/c1-16-4-7-19(8-5-16)41-23(20-14-18(30)6-9-22(20)40-3)15-34-28-24(17(2)27(42-28)36-32-12-13-33-36)26(38)35(29(34)39)21-10-11-31-25(21)37/h6,9,12-14,16,19,21,23H,4-5,7-8,10-11,15H2,1-3H3,(H,31,37)/t16?,19?,21-,23-/m0/s1. The van der Waals surface area contributed by atoms with Gasteiger partial charge in [0.15, 0.2) is 0 Å². The van der Waals surface area contributed by atoms with Gasteiger partial charge in [0.05, 0.1) is 37.5 Å². The van der Waals surface area contributed by atoms with Crippen LogP contribution in [0.4, 0.5) is 4.39 Å². The number of methoxy groups -OCH3 is 1. The Morgan fingerprint density at radius 3 is 2.52 bits per heavy atom. The number of rotatable bonds is 8. The number of aryl methyl sites for hydroxylation is 1. The Hall–Kier alpha value is -3.84. The molecular weight excluding hydrogens is 563 g/mol. The number of benzene rings is 1. The van der Waals surface area contributed by atoms with E-state index in [2.05, 4.69) is 22.4 Å². The third kappa shape index (κ3) is 5.04. The molecule has 222 valence electrons. The predicted octanol–water partition coefficient (Wildman–Crippen LogP) is 3.66. The van der Waals surface area contributed by atoms with E-state index in [-0.39, 0.29) is 18.6 Å². The third-order valence-corrected chi connectivity index (χ3v) is 9.64. The number of halogens is 1. The molecule has 13 heteroatoms. The molecule has 4 heterocycles. The summed E-state index contributed by atoms with van der Waals surface area (Å²) < 4.78 is 29.4. The lowest BCUT2D eigenvalue weighted by Crippen LogP contribution is -2.44. The highest BCUT2D eigenvalue weighted by molar-refractivity contribution is 7.21. The molecule has 1 aliphatic carbocycles. The lowest BCUT2D eigenvalue weighted by molar-refractivity contribution is -0.122. The number of ether oxygens (including phenoxy) is 2. The molecule has 6 rings (SSSR count). The van der Waals surface area contributed by atoms with Crippen LogP contribution in [0.1, 0.15) is 62.3 Å². The number of nitrogens with one attached hydrogen (secondary N) is 1. The Morgan fingerprint density at radius 2 is 1.86 bits per heavy atom. The molecule has 1 saturated carbocycles. The molecule has 4 aromatic rings. The number of hydrogen-bond acceptors (Lipinski definition) is 8. The molecule has 0 spiro atoms. The average molecular weight is 597 g/mol. The van der Waals surface area contributed by atoms with Crippen LogP contribution in [-0.4, -0.2) is 49.8 Å². The van der Waals surface area contributed by atoms with Gasteiger partial charge in [0.2, 0.25) is 5.91 Å². The molecular formula is C29H33FN6O5S. The predicted molar refractivity (Wildman–Crippen MR) is 155 cm³/mol. The first-order valence-corrected chi connectivity index (χ1v) is 15.0. The van der Waals surface area contributed by atoms with E-state index in [1.165, 1.54) is 52.3 Å². The first-order valence-electron chi connectivity index (χ1n) is 14.2. The van der Waals surface area contributed by atoms with E-state index in [4.69, 9.17) is 9.47 Å². The van der Waals surface area contributed by atoms with E-state index in [1.807, 2.05) is 0 Å². The number of carbonyl (C=O) groups is 1. The molecule has 1 aliphatic heterocycles. The lowest BCUT2D eigenvalue weighted by atomic mass is 9.88. The van der Waals surface area contributed by atoms with Crippen LogP contribution in [0.2, 0.25) is 0 Å². The summed E-state index contributed by atoms with van der Waals surface area (Å²) in [6.07, 6.45) is 6.21. The SMILES string of the molecule is COc1ccc(F)cc1[C@H](Cn1c(=O)n([C@H]2CCNC2=O)c(=O)c2c(C)c(-n3nccn3)sc21)OC1CCC(C)CC1. The highest BCUT2D eigenvalue weighted by Gasteiger charge is 2.33. The molecule has 11 nitrogen and oxygen atoms in total. The van der Waals surface area contributed by atoms with Crippen molar-refractivity contribution in [2.75, 3.05) is 13.7 Å². The number of amides is 1. The zero-order valence-electron chi connectivity index (χ0n) is 23.7. The largest absolute Gasteiger partial charge is 0.496 e. The Balaban J connectivity index is 1.55. The number of nitrogens with zero attached hydrogens (tertiary/aromatic N) is 5. The second kappa shape index (κ2) is 11.4. The maximum atomic E-state index is 14.6. The number of fused-ring (bicyclic) bond motifs is 1. The van der Waals surface area contributed by atoms with Gasteiger partial charge in [0.25, 0.3) is 5.56 Å². The molecule has 0 unspecified atom stereocenters. The molecule has 0 bridgehead atoms. The molecule has 0 radical (unpaired) electrons. The van der Waals surface area contributed by atoms with Crippen LogP contribution < -0.4 is 21.3 Å². The van der Waals surface area contributed by atoms with Gasteiger partial charge in [-0.2, -0.15) is 10.2 Å². The van der Waals surface area contributed by atoms with E-state index < -0.39 is 29.2 Å². The van der Waals surface area contributed by atoms with Crippen LogP contribution in [0, 0.1) is 18.7 Å². The van der Waals surface area contributed by atoms with Crippen LogP contribution in [0.3, 0.4) is 0 Å². The van der Waals surface area contributed by atoms with Gasteiger partial charge in [-0.05, 0) is 63.1 Å². The highest BCUT2D eigenvalue weighted by Crippen LogP contribution is 2.37. The second-order valence-corrected chi connectivity index (χ2v) is 12.1. The van der Waals surface area contributed by atoms with Gasteiger partial charge < -0.3 is 14.8 Å². The van der Waals surface area contributed by atoms with E-state index >= 15 is 0 Å². The van der Waals surface area contributed by atoms with Crippen LogP contribution in [0.15, 0.2) is 40.2 Å². The van der Waals surface area contributed by atoms with Crippen LogP contribution in [0.25, 0.3) is 15.2 Å². The fourth-order valence-electron chi connectivity index (χ4n) is 6.06. The van der Waals surface area contributed by atoms with Crippen LogP contribution >= 0.6 is 11.3 Å². The first-order chi connectivity index (χ1) is 20.3. The van der Waals surface area contributed by atoms with Gasteiger partial charge in [-0.1, -0.05) is 18.3 Å². The molecule has 2 atom stereocenters. The average Bonchev–Trinajstić information content (AvgIpc) is 3.73. The molecule has 42 heavy (non-hydrogen) atoms. The van der Waals surface area contributed by atoms with Crippen molar-refractivity contribution in [3.05, 3.63) is 68.4 Å². The Bertz CT molecular complexity index is 1740. The Morgan fingerprint density at radius 1 is 1.12 bits per heavy atom. The van der Waals surface area contributed by atoms with Crippen molar-refractivity contribution in [2.45, 2.75) is 70.7 Å². The van der Waals surface area contributed by atoms with Gasteiger partial charge in [-0.3, -0.25) is 14.2 Å². The number of thiophene rings is 1. The van der Waals surface area contributed by atoms with E-state index in [0.717, 1.165) is 30.3 Å². The number of carbonyl (C=O) groups excluding carboxylic acids is 1. The summed E-state index contributed by atoms with van der Waals surface area (Å²) in [7, 11) is 1.51. The van der Waals surface area contributed by atoms with Gasteiger partial charge in [0.1, 0.15) is 33.5 Å². The van der Waals surface area contributed by atoms with E-state index in [1.54, 1.807) is 13.0 Å². The van der Waals surface area contributed by atoms with Crippen molar-refractivity contribution >= 4 is 27.5 Å². The van der Waals surface area contributed by atoms with E-state index in [9.17, 15) is 18.8 Å². The number of aromatic nitrogens is 5. The fraction of sp³-hybridized carbons (Fsp3) is 0.483. The molecule has 2 aliphatic rings. The molecule has 1 aromatic carbocycles. The molecule has 3 aromatic heterocycles. The Labute approximate surface area is 244 Å². The minimum atomic E-state index is -0.936. The zero-order chi connectivity index (χ0) is 29.5. The smallest absolute Gasteiger partial charge is 0.332 e. The molecule has 2 fully saturated rings. The molecule has 1 N–H and O–H groups in total.